The van der Waals surface area contributed by atoms with Crippen LogP contribution in [0.25, 0.3) is 0 Å². The van der Waals surface area contributed by atoms with E-state index in [1.54, 1.807) is 0 Å². The summed E-state index contributed by atoms with van der Waals surface area (Å²) >= 11 is 0. The van der Waals surface area contributed by atoms with Crippen LogP contribution >= 0.6 is 0 Å². The quantitative estimate of drug-likeness (QED) is 0.295. The van der Waals surface area contributed by atoms with Crippen molar-refractivity contribution in [3.8, 4) is 0 Å². The molecule has 0 unspecified atom stereocenters. The van der Waals surface area contributed by atoms with Gasteiger partial charge in [-0.25, -0.2) is 0 Å². The molecule has 0 aromatic rings. The molecule has 0 saturated heterocycles. The molecule has 0 N–H and O–H groups in total. The second-order valence-electron chi connectivity index (χ2n) is 13.8. The maximum absolute atomic E-state index is 2.32. The predicted octanol–water partition coefficient (Wildman–Crippen LogP) is 5.90. The molecule has 5 nitrogen and oxygen atoms in total. The van der Waals surface area contributed by atoms with Crippen molar-refractivity contribution in [2.45, 2.75) is 75.2 Å². The molecular weight excluding hydrogens is 442 g/mol. The Kier molecular flexibility index (Phi) is 30.3. The van der Waals surface area contributed by atoms with Crippen LogP contribution in [0.15, 0.2) is 0 Å². The lowest BCUT2D eigenvalue weighted by molar-refractivity contribution is -0.906. The second kappa shape index (κ2) is 23.9. The van der Waals surface area contributed by atoms with E-state index < -0.39 is 0 Å². The van der Waals surface area contributed by atoms with Gasteiger partial charge in [-0.15, -0.1) is 0 Å². The Labute approximate surface area is 234 Å². The second-order valence-corrected chi connectivity index (χ2v) is 13.8. The molecule has 0 radical (unpaired) electrons. The van der Waals surface area contributed by atoms with Gasteiger partial charge < -0.3 is 22.4 Å². The Balaban J connectivity index is -0.000000113. The third-order valence-electron chi connectivity index (χ3n) is 7.21. The van der Waals surface area contributed by atoms with E-state index >= 15 is 0 Å². The van der Waals surface area contributed by atoms with Gasteiger partial charge in [0.2, 0.25) is 0 Å². The van der Waals surface area contributed by atoms with Gasteiger partial charge in [0.15, 0.2) is 0 Å². The largest absolute Gasteiger partial charge is 0.333 e. The van der Waals surface area contributed by atoms with E-state index in [0.717, 1.165) is 13.4 Å². The maximum atomic E-state index is 2.32. The Morgan fingerprint density at radius 1 is 0.333 bits per heavy atom. The molecule has 0 heterocycles. The van der Waals surface area contributed by atoms with Gasteiger partial charge in [0, 0.05) is 0 Å². The van der Waals surface area contributed by atoms with E-state index in [0.29, 0.717) is 0 Å². The molecular formula is C31H82N5+5. The van der Waals surface area contributed by atoms with Crippen molar-refractivity contribution in [2.24, 2.45) is 0 Å². The van der Waals surface area contributed by atoms with Crippen molar-refractivity contribution in [2.75, 3.05) is 136 Å². The van der Waals surface area contributed by atoms with Crippen LogP contribution in [0, 0.1) is 0 Å². The Morgan fingerprint density at radius 3 is 0.639 bits per heavy atom. The highest BCUT2D eigenvalue weighted by atomic mass is 15.3. The maximum Gasteiger partial charge on any atom is 0.0781 e. The first-order valence-corrected chi connectivity index (χ1v) is 15.1. The monoisotopic (exact) mass is 525 g/mol. The van der Waals surface area contributed by atoms with Gasteiger partial charge in [-0.1, -0.05) is 13.8 Å². The van der Waals surface area contributed by atoms with Gasteiger partial charge in [0.1, 0.15) is 0 Å². The first-order valence-electron chi connectivity index (χ1n) is 15.1. The molecule has 0 amide bonds. The molecule has 0 aromatic carbocycles. The third kappa shape index (κ3) is 43.8. The Bertz CT molecular complexity index is 411. The number of quaternary nitrogens is 5. The van der Waals surface area contributed by atoms with Gasteiger partial charge in [0.05, 0.1) is 136 Å². The highest BCUT2D eigenvalue weighted by Crippen LogP contribution is 2.01. The van der Waals surface area contributed by atoms with Crippen molar-refractivity contribution < 1.29 is 22.4 Å². The summed E-state index contributed by atoms with van der Waals surface area (Å²) in [5.74, 6) is 0. The summed E-state index contributed by atoms with van der Waals surface area (Å²) in [5, 5.41) is 0. The van der Waals surface area contributed by atoms with Crippen molar-refractivity contribution in [1.29, 1.82) is 0 Å². The fourth-order valence-electron chi connectivity index (χ4n) is 2.51. The molecule has 226 valence electrons. The molecule has 0 aromatic heterocycles. The van der Waals surface area contributed by atoms with E-state index in [1.807, 2.05) is 0 Å². The molecule has 0 saturated carbocycles. The SMILES string of the molecule is CCC[N+](C)(C)CC.CCC[N+](C)(CC)CC.CC[N+](C)(C)C.CC[N+](C)(CC)CC.C[N+](C)(C)C. The summed E-state index contributed by atoms with van der Waals surface area (Å²) in [6, 6.07) is 0. The van der Waals surface area contributed by atoms with Gasteiger partial charge in [-0.05, 0) is 61.3 Å². The summed E-state index contributed by atoms with van der Waals surface area (Å²) in [6.45, 7) is 31.5. The minimum absolute atomic E-state index is 1.00. The lowest BCUT2D eigenvalue weighted by Crippen LogP contribution is -2.43. The van der Waals surface area contributed by atoms with Gasteiger partial charge in [-0.2, -0.15) is 0 Å². The molecule has 0 aliphatic heterocycles. The highest BCUT2D eigenvalue weighted by molar-refractivity contribution is 4.30. The topological polar surface area (TPSA) is 0 Å². The summed E-state index contributed by atoms with van der Waals surface area (Å²) < 4.78 is 5.67. The van der Waals surface area contributed by atoms with Gasteiger partial charge in [-0.3, -0.25) is 0 Å². The Hall–Kier alpha value is -0.200. The zero-order valence-electron chi connectivity index (χ0n) is 30.0. The normalized spacial score (nSPS) is 12.0. The van der Waals surface area contributed by atoms with Crippen LogP contribution in [0.5, 0.6) is 0 Å². The van der Waals surface area contributed by atoms with Crippen LogP contribution < -0.4 is 0 Å². The Morgan fingerprint density at radius 2 is 0.583 bits per heavy atom. The first-order chi connectivity index (χ1) is 16.0. The van der Waals surface area contributed by atoms with Gasteiger partial charge >= 0.3 is 0 Å². The average molecular weight is 525 g/mol. The average Bonchev–Trinajstić information content (AvgIpc) is 2.78. The van der Waals surface area contributed by atoms with Crippen LogP contribution in [0.3, 0.4) is 0 Å². The molecule has 36 heavy (non-hydrogen) atoms. The molecule has 0 rings (SSSR count). The van der Waals surface area contributed by atoms with E-state index in [2.05, 4.69) is 140 Å². The molecule has 0 spiro atoms. The molecule has 0 aliphatic rings. The van der Waals surface area contributed by atoms with Crippen LogP contribution in [0.2, 0.25) is 0 Å². The van der Waals surface area contributed by atoms with Crippen LogP contribution in [-0.2, 0) is 0 Å². The fraction of sp³-hybridized carbons (Fsp3) is 1.00. The first kappa shape index (κ1) is 45.7. The van der Waals surface area contributed by atoms with Crippen LogP contribution in [0.1, 0.15) is 75.2 Å². The molecule has 5 heteroatoms. The molecule has 0 bridgehead atoms. The van der Waals surface area contributed by atoms with Crippen molar-refractivity contribution in [3.63, 3.8) is 0 Å². The minimum atomic E-state index is 1.00. The lowest BCUT2D eigenvalue weighted by atomic mass is 10.3. The smallest absolute Gasteiger partial charge is 0.0781 e. The third-order valence-corrected chi connectivity index (χ3v) is 7.21. The van der Waals surface area contributed by atoms with E-state index in [9.17, 15) is 0 Å². The van der Waals surface area contributed by atoms with Crippen molar-refractivity contribution in [3.05, 3.63) is 0 Å². The molecule has 0 atom stereocenters. The summed E-state index contributed by atoms with van der Waals surface area (Å²) in [4.78, 5) is 0. The summed E-state index contributed by atoms with van der Waals surface area (Å²) in [6.07, 6.45) is 2.60. The van der Waals surface area contributed by atoms with E-state index in [4.69, 9.17) is 0 Å². The number of hydrogen-bond acceptors (Lipinski definition) is 0. The number of nitrogens with zero attached hydrogens (tertiary/aromatic N) is 5. The highest BCUT2D eigenvalue weighted by Gasteiger charge is 2.13. The van der Waals surface area contributed by atoms with Gasteiger partial charge in [0.25, 0.3) is 0 Å². The van der Waals surface area contributed by atoms with Crippen LogP contribution in [-0.4, -0.2) is 159 Å². The van der Waals surface area contributed by atoms with Crippen molar-refractivity contribution in [1.82, 2.24) is 0 Å². The van der Waals surface area contributed by atoms with E-state index in [-0.39, 0.29) is 0 Å². The standard InChI is InChI=1S/C8H20N.2C7H18N.C5H14N.C4H12N/c1-5-8-9(4,6-2)7-3;1-5-7-8(3,4)6-2;1-5-8(4,6-2)7-3;1-5-6(2,3)4;1-5(2,3)4/h5-8H2,1-4H3;2*5-7H2,1-4H3;5H2,1-4H3;1-4H3/q5*+1. The molecule has 0 aliphatic carbocycles. The minimum Gasteiger partial charge on any atom is -0.333 e. The fourth-order valence-corrected chi connectivity index (χ4v) is 2.51. The predicted molar refractivity (Wildman–Crippen MR) is 171 cm³/mol. The molecule has 0 fully saturated rings. The summed E-state index contributed by atoms with van der Waals surface area (Å²) in [5.41, 5.74) is 0. The summed E-state index contributed by atoms with van der Waals surface area (Å²) in [7, 11) is 24.2. The van der Waals surface area contributed by atoms with Crippen molar-refractivity contribution >= 4 is 0 Å². The zero-order valence-corrected chi connectivity index (χ0v) is 30.0. The zero-order chi connectivity index (χ0) is 30.3. The number of hydrogen-bond donors (Lipinski definition) is 0. The van der Waals surface area contributed by atoms with Crippen LogP contribution in [0.4, 0.5) is 0 Å². The van der Waals surface area contributed by atoms with E-state index in [1.165, 1.54) is 80.7 Å². The lowest BCUT2D eigenvalue weighted by Gasteiger charge is -2.31. The number of rotatable bonds is 11.